The summed E-state index contributed by atoms with van der Waals surface area (Å²) >= 11 is 1.07. The molecule has 0 saturated carbocycles. The molecule has 0 unspecified atom stereocenters. The molecule has 3 aromatic rings. The Morgan fingerprint density at radius 2 is 1.76 bits per heavy atom. The van der Waals surface area contributed by atoms with Crippen molar-refractivity contribution in [2.24, 2.45) is 4.99 Å². The van der Waals surface area contributed by atoms with E-state index >= 15 is 0 Å². The van der Waals surface area contributed by atoms with Gasteiger partial charge in [0.15, 0.2) is 0 Å². The Kier molecular flexibility index (Phi) is 7.52. The average Bonchev–Trinajstić information content (AvgIpc) is 3.54. The van der Waals surface area contributed by atoms with Crippen molar-refractivity contribution >= 4 is 39.0 Å². The van der Waals surface area contributed by atoms with Gasteiger partial charge in [-0.05, 0) is 73.4 Å². The molecule has 1 saturated heterocycles. The molecule has 2 amide bonds. The summed E-state index contributed by atoms with van der Waals surface area (Å²) in [7, 11) is -0.634. The summed E-state index contributed by atoms with van der Waals surface area (Å²) in [6, 6.07) is 10.8. The SMILES string of the molecule is Cc1ccc(C(=O)N(C)C)cc1-c1ccc(S(=O)(=O)N2CCC3(CC2)N=C(c2ccc(F)c(C(F)(F)F)c2)NC3=O)s1. The Balaban J connectivity index is 1.35. The van der Waals surface area contributed by atoms with Gasteiger partial charge in [0.05, 0.1) is 5.56 Å². The summed E-state index contributed by atoms with van der Waals surface area (Å²) in [5.41, 5.74) is -0.816. The number of amidine groups is 1. The zero-order valence-corrected chi connectivity index (χ0v) is 24.4. The Hall–Kier alpha value is -3.62. The van der Waals surface area contributed by atoms with E-state index in [0.717, 1.165) is 28.5 Å². The fourth-order valence-corrected chi connectivity index (χ4v) is 7.97. The number of carbonyl (C=O) groups is 2. The largest absolute Gasteiger partial charge is 0.419 e. The van der Waals surface area contributed by atoms with Crippen LogP contribution in [0.1, 0.15) is 39.9 Å². The van der Waals surface area contributed by atoms with Crippen LogP contribution in [-0.2, 0) is 21.0 Å². The number of nitrogens with one attached hydrogen (secondary N) is 1. The number of alkyl halides is 3. The molecule has 1 spiro atoms. The summed E-state index contributed by atoms with van der Waals surface area (Å²) < 4.78 is 81.7. The number of hydrogen-bond donors (Lipinski definition) is 1. The van der Waals surface area contributed by atoms with Crippen LogP contribution in [0.3, 0.4) is 0 Å². The van der Waals surface area contributed by atoms with Crippen LogP contribution in [0.25, 0.3) is 10.4 Å². The van der Waals surface area contributed by atoms with E-state index < -0.39 is 39.0 Å². The van der Waals surface area contributed by atoms with Gasteiger partial charge in [-0.15, -0.1) is 11.3 Å². The molecule has 0 atom stereocenters. The number of rotatable bonds is 5. The molecule has 1 N–H and O–H groups in total. The lowest BCUT2D eigenvalue weighted by Crippen LogP contribution is -2.50. The van der Waals surface area contributed by atoms with E-state index in [0.29, 0.717) is 22.6 Å². The van der Waals surface area contributed by atoms with Crippen molar-refractivity contribution in [3.63, 3.8) is 0 Å². The van der Waals surface area contributed by atoms with Gasteiger partial charge in [-0.25, -0.2) is 12.8 Å². The average molecular weight is 623 g/mol. The molecule has 3 heterocycles. The van der Waals surface area contributed by atoms with E-state index in [-0.39, 0.29) is 47.4 Å². The molecular formula is C28H26F4N4O4S2. The van der Waals surface area contributed by atoms with Crippen LogP contribution in [-0.4, -0.2) is 68.0 Å². The molecule has 1 aromatic heterocycles. The van der Waals surface area contributed by atoms with Crippen LogP contribution < -0.4 is 5.32 Å². The first kappa shape index (κ1) is 29.9. The van der Waals surface area contributed by atoms with Crippen molar-refractivity contribution in [3.05, 3.63) is 76.6 Å². The number of thiophene rings is 1. The minimum absolute atomic E-state index is 0.0148. The van der Waals surface area contributed by atoms with E-state index in [1.807, 2.05) is 6.92 Å². The van der Waals surface area contributed by atoms with E-state index in [1.165, 1.54) is 15.3 Å². The number of benzene rings is 2. The van der Waals surface area contributed by atoms with Gasteiger partial charge in [0.2, 0.25) is 0 Å². The summed E-state index contributed by atoms with van der Waals surface area (Å²) in [5, 5.41) is 2.49. The zero-order valence-electron chi connectivity index (χ0n) is 22.8. The first-order valence-corrected chi connectivity index (χ1v) is 15.1. The van der Waals surface area contributed by atoms with Gasteiger partial charge in [-0.3, -0.25) is 14.6 Å². The third-order valence-corrected chi connectivity index (χ3v) is 10.9. The lowest BCUT2D eigenvalue weighted by Gasteiger charge is -2.34. The van der Waals surface area contributed by atoms with Crippen LogP contribution in [0.5, 0.6) is 0 Å². The quantitative estimate of drug-likeness (QED) is 0.418. The molecule has 14 heteroatoms. The van der Waals surface area contributed by atoms with Crippen molar-refractivity contribution in [2.75, 3.05) is 27.2 Å². The molecule has 8 nitrogen and oxygen atoms in total. The van der Waals surface area contributed by atoms with Crippen molar-refractivity contribution in [1.29, 1.82) is 0 Å². The molecule has 222 valence electrons. The van der Waals surface area contributed by atoms with Crippen LogP contribution in [0.15, 0.2) is 57.7 Å². The number of sulfonamides is 1. The standard InChI is InChI=1S/C28H26F4N4O4S2/c1-16-4-5-18(25(37)35(2)3)14-19(16)22-8-9-23(41-22)42(39,40)36-12-10-27(11-13-36)26(38)33-24(34-27)17-6-7-21(29)20(15-17)28(30,31)32/h4-9,14-15H,10-13H2,1-3H3,(H,33,34,38). The number of aryl methyl sites for hydroxylation is 1. The monoisotopic (exact) mass is 622 g/mol. The first-order chi connectivity index (χ1) is 19.6. The highest BCUT2D eigenvalue weighted by molar-refractivity contribution is 7.91. The Labute approximate surface area is 243 Å². The van der Waals surface area contributed by atoms with Crippen LogP contribution >= 0.6 is 11.3 Å². The van der Waals surface area contributed by atoms with Crippen molar-refractivity contribution in [3.8, 4) is 10.4 Å². The summed E-state index contributed by atoms with van der Waals surface area (Å²) in [4.78, 5) is 31.9. The summed E-state index contributed by atoms with van der Waals surface area (Å²) in [6.07, 6.45) is -4.89. The van der Waals surface area contributed by atoms with Gasteiger partial charge in [-0.2, -0.15) is 17.5 Å². The second-order valence-corrected chi connectivity index (χ2v) is 13.6. The number of hydrogen-bond acceptors (Lipinski definition) is 6. The predicted octanol–water partition coefficient (Wildman–Crippen LogP) is 4.68. The highest BCUT2D eigenvalue weighted by atomic mass is 32.2. The van der Waals surface area contributed by atoms with E-state index in [9.17, 15) is 35.6 Å². The predicted molar refractivity (Wildman–Crippen MR) is 149 cm³/mol. The number of piperidine rings is 1. The third kappa shape index (κ3) is 5.34. The van der Waals surface area contributed by atoms with Crippen LogP contribution in [0.4, 0.5) is 17.6 Å². The summed E-state index contributed by atoms with van der Waals surface area (Å²) in [5.74, 6) is -2.28. The third-order valence-electron chi connectivity index (χ3n) is 7.41. The fourth-order valence-electron chi connectivity index (χ4n) is 4.99. The van der Waals surface area contributed by atoms with Gasteiger partial charge >= 0.3 is 6.18 Å². The second kappa shape index (κ2) is 10.6. The molecule has 0 bridgehead atoms. The maximum absolute atomic E-state index is 13.7. The smallest absolute Gasteiger partial charge is 0.345 e. The first-order valence-electron chi connectivity index (χ1n) is 12.8. The van der Waals surface area contributed by atoms with E-state index in [2.05, 4.69) is 10.3 Å². The molecule has 0 radical (unpaired) electrons. The molecule has 1 fully saturated rings. The number of carbonyl (C=O) groups excluding carboxylic acids is 2. The van der Waals surface area contributed by atoms with E-state index in [1.54, 1.807) is 38.4 Å². The number of aliphatic imine (C=N–C) groups is 1. The Morgan fingerprint density at radius 3 is 2.40 bits per heavy atom. The summed E-state index contributed by atoms with van der Waals surface area (Å²) in [6.45, 7) is 1.79. The Morgan fingerprint density at radius 1 is 1.07 bits per heavy atom. The minimum atomic E-state index is -4.92. The molecule has 2 aliphatic rings. The fraction of sp³-hybridized carbons (Fsp3) is 0.321. The lowest BCUT2D eigenvalue weighted by molar-refractivity contribution is -0.140. The second-order valence-electron chi connectivity index (χ2n) is 10.4. The molecule has 5 rings (SSSR count). The normalized spacial score (nSPS) is 17.3. The minimum Gasteiger partial charge on any atom is -0.345 e. The van der Waals surface area contributed by atoms with Gasteiger partial charge in [0, 0.05) is 43.2 Å². The van der Waals surface area contributed by atoms with Crippen molar-refractivity contribution < 1.29 is 35.6 Å². The van der Waals surface area contributed by atoms with Crippen LogP contribution in [0.2, 0.25) is 0 Å². The topological polar surface area (TPSA) is 99.2 Å². The maximum atomic E-state index is 13.7. The maximum Gasteiger partial charge on any atom is 0.419 e. The van der Waals surface area contributed by atoms with Gasteiger partial charge < -0.3 is 10.2 Å². The number of nitrogens with zero attached hydrogens (tertiary/aromatic N) is 3. The molecule has 2 aromatic carbocycles. The highest BCUT2D eigenvalue weighted by Gasteiger charge is 2.48. The molecular weight excluding hydrogens is 596 g/mol. The van der Waals surface area contributed by atoms with Crippen LogP contribution in [0, 0.1) is 12.7 Å². The van der Waals surface area contributed by atoms with Crippen molar-refractivity contribution in [1.82, 2.24) is 14.5 Å². The van der Waals surface area contributed by atoms with Gasteiger partial charge in [-0.1, -0.05) is 6.07 Å². The van der Waals surface area contributed by atoms with Gasteiger partial charge in [0.25, 0.3) is 21.8 Å². The van der Waals surface area contributed by atoms with Gasteiger partial charge in [0.1, 0.15) is 21.4 Å². The lowest BCUT2D eigenvalue weighted by atomic mass is 9.89. The molecule has 42 heavy (non-hydrogen) atoms. The Bertz CT molecular complexity index is 1720. The number of halogens is 4. The zero-order chi connectivity index (χ0) is 30.6. The molecule has 0 aliphatic carbocycles. The highest BCUT2D eigenvalue weighted by Crippen LogP contribution is 2.38. The van der Waals surface area contributed by atoms with E-state index in [4.69, 9.17) is 0 Å². The number of amides is 2. The van der Waals surface area contributed by atoms with Crippen molar-refractivity contribution in [2.45, 2.75) is 35.7 Å². The molecule has 2 aliphatic heterocycles.